The van der Waals surface area contributed by atoms with Crippen molar-refractivity contribution in [2.45, 2.75) is 46.8 Å². The highest BCUT2D eigenvalue weighted by Crippen LogP contribution is 2.30. The predicted molar refractivity (Wildman–Crippen MR) is 81.1 cm³/mol. The smallest absolute Gasteiger partial charge is 0.138 e. The third-order valence-corrected chi connectivity index (χ3v) is 3.36. The molecule has 2 nitrogen and oxygen atoms in total. The first-order valence-corrected chi connectivity index (χ1v) is 7.48. The van der Waals surface area contributed by atoms with Gasteiger partial charge in [-0.15, -0.1) is 0 Å². The maximum atomic E-state index is 6.10. The molecule has 0 bridgehead atoms. The lowest BCUT2D eigenvalue weighted by Crippen LogP contribution is -2.18. The van der Waals surface area contributed by atoms with Crippen LogP contribution in [0.3, 0.4) is 0 Å². The minimum Gasteiger partial charge on any atom is -0.489 e. The predicted octanol–water partition coefficient (Wildman–Crippen LogP) is 4.37. The van der Waals surface area contributed by atoms with Gasteiger partial charge >= 0.3 is 0 Å². The monoisotopic (exact) mass is 313 g/mol. The molecule has 0 aliphatic carbocycles. The van der Waals surface area contributed by atoms with Crippen molar-refractivity contribution in [2.24, 2.45) is 5.92 Å². The fourth-order valence-electron chi connectivity index (χ4n) is 2.00. The van der Waals surface area contributed by atoms with E-state index in [-0.39, 0.29) is 6.10 Å². The van der Waals surface area contributed by atoms with Crippen molar-refractivity contribution in [1.82, 2.24) is 5.32 Å². The Morgan fingerprint density at radius 2 is 2.00 bits per heavy atom. The van der Waals surface area contributed by atoms with E-state index in [1.807, 2.05) is 6.07 Å². The zero-order chi connectivity index (χ0) is 13.5. The molecule has 0 amide bonds. The Kier molecular flexibility index (Phi) is 6.72. The molecule has 0 spiro atoms. The van der Waals surface area contributed by atoms with Crippen molar-refractivity contribution in [3.05, 3.63) is 28.2 Å². The minimum atomic E-state index is 0.240. The first-order chi connectivity index (χ1) is 8.54. The lowest BCUT2D eigenvalue weighted by atomic mass is 10.1. The zero-order valence-electron chi connectivity index (χ0n) is 11.8. The molecule has 1 atom stereocenters. The second kappa shape index (κ2) is 7.80. The topological polar surface area (TPSA) is 21.3 Å². The van der Waals surface area contributed by atoms with Crippen LogP contribution in [0.25, 0.3) is 0 Å². The quantitative estimate of drug-likeness (QED) is 0.807. The van der Waals surface area contributed by atoms with Crippen LogP contribution in [0.1, 0.15) is 39.7 Å². The van der Waals surface area contributed by atoms with Crippen molar-refractivity contribution in [3.63, 3.8) is 0 Å². The molecule has 0 aliphatic rings. The number of ether oxygens (including phenoxy) is 1. The summed E-state index contributed by atoms with van der Waals surface area (Å²) < 4.78 is 7.13. The van der Waals surface area contributed by atoms with E-state index in [9.17, 15) is 0 Å². The first-order valence-electron chi connectivity index (χ1n) is 6.69. The molecular weight excluding hydrogens is 290 g/mol. The Balaban J connectivity index is 2.78. The van der Waals surface area contributed by atoms with Gasteiger partial charge in [-0.05, 0) is 47.8 Å². The fourth-order valence-corrected chi connectivity index (χ4v) is 2.50. The van der Waals surface area contributed by atoms with Gasteiger partial charge in [0.1, 0.15) is 5.75 Å². The molecule has 3 heteroatoms. The van der Waals surface area contributed by atoms with Crippen molar-refractivity contribution >= 4 is 15.9 Å². The van der Waals surface area contributed by atoms with Crippen molar-refractivity contribution in [2.75, 3.05) is 6.54 Å². The van der Waals surface area contributed by atoms with Crippen molar-refractivity contribution in [1.29, 1.82) is 0 Å². The van der Waals surface area contributed by atoms with E-state index in [0.29, 0.717) is 5.92 Å². The maximum Gasteiger partial charge on any atom is 0.138 e. The lowest BCUT2D eigenvalue weighted by Gasteiger charge is -2.20. The average molecular weight is 314 g/mol. The van der Waals surface area contributed by atoms with Gasteiger partial charge in [-0.1, -0.05) is 32.9 Å². The van der Waals surface area contributed by atoms with E-state index < -0.39 is 0 Å². The van der Waals surface area contributed by atoms with Crippen LogP contribution >= 0.6 is 15.9 Å². The molecule has 0 saturated carbocycles. The summed E-state index contributed by atoms with van der Waals surface area (Å²) in [7, 11) is 0. The molecule has 0 heterocycles. The highest BCUT2D eigenvalue weighted by atomic mass is 79.9. The number of halogens is 1. The van der Waals surface area contributed by atoms with Gasteiger partial charge in [0.25, 0.3) is 0 Å². The summed E-state index contributed by atoms with van der Waals surface area (Å²) >= 11 is 3.58. The Morgan fingerprint density at radius 1 is 1.28 bits per heavy atom. The molecule has 0 fully saturated rings. The van der Waals surface area contributed by atoms with Gasteiger partial charge in [-0.25, -0.2) is 0 Å². The van der Waals surface area contributed by atoms with Crippen LogP contribution in [0.2, 0.25) is 0 Å². The molecule has 1 aromatic rings. The average Bonchev–Trinajstić information content (AvgIpc) is 2.29. The lowest BCUT2D eigenvalue weighted by molar-refractivity contribution is 0.190. The van der Waals surface area contributed by atoms with E-state index in [0.717, 1.165) is 29.7 Å². The van der Waals surface area contributed by atoms with E-state index in [1.54, 1.807) is 0 Å². The molecule has 1 rings (SSSR count). The van der Waals surface area contributed by atoms with E-state index >= 15 is 0 Å². The summed E-state index contributed by atoms with van der Waals surface area (Å²) in [6.45, 7) is 10.5. The second-order valence-corrected chi connectivity index (χ2v) is 5.92. The molecule has 0 saturated heterocycles. The molecule has 0 aromatic heterocycles. The molecule has 1 unspecified atom stereocenters. The molecular formula is C15H24BrNO. The summed E-state index contributed by atoms with van der Waals surface area (Å²) in [5, 5.41) is 3.35. The molecule has 1 N–H and O–H groups in total. The van der Waals surface area contributed by atoms with Crippen molar-refractivity contribution in [3.8, 4) is 5.75 Å². The van der Waals surface area contributed by atoms with Crippen molar-refractivity contribution < 1.29 is 4.74 Å². The fraction of sp³-hybridized carbons (Fsp3) is 0.600. The summed E-state index contributed by atoms with van der Waals surface area (Å²) in [5.74, 6) is 1.63. The van der Waals surface area contributed by atoms with Gasteiger partial charge in [0, 0.05) is 12.1 Å². The van der Waals surface area contributed by atoms with Crippen LogP contribution in [-0.4, -0.2) is 12.6 Å². The Labute approximate surface area is 119 Å². The number of benzene rings is 1. The molecule has 0 aliphatic heterocycles. The number of nitrogens with one attached hydrogen (secondary N) is 1. The van der Waals surface area contributed by atoms with E-state index in [4.69, 9.17) is 4.74 Å². The highest BCUT2D eigenvalue weighted by Gasteiger charge is 2.12. The van der Waals surface area contributed by atoms with Crippen LogP contribution in [-0.2, 0) is 6.54 Å². The Hall–Kier alpha value is -0.540. The van der Waals surface area contributed by atoms with Gasteiger partial charge in [0.05, 0.1) is 10.6 Å². The number of hydrogen-bond donors (Lipinski definition) is 1. The maximum absolute atomic E-state index is 6.10. The first kappa shape index (κ1) is 15.5. The summed E-state index contributed by atoms with van der Waals surface area (Å²) in [6, 6.07) is 6.20. The van der Waals surface area contributed by atoms with Crippen LogP contribution in [0, 0.1) is 5.92 Å². The van der Waals surface area contributed by atoms with Gasteiger partial charge in [-0.3, -0.25) is 0 Å². The van der Waals surface area contributed by atoms with Crippen LogP contribution in [0.4, 0.5) is 0 Å². The third-order valence-electron chi connectivity index (χ3n) is 2.74. The zero-order valence-corrected chi connectivity index (χ0v) is 13.4. The van der Waals surface area contributed by atoms with Crippen LogP contribution in [0.5, 0.6) is 5.75 Å². The highest BCUT2D eigenvalue weighted by molar-refractivity contribution is 9.10. The summed E-state index contributed by atoms with van der Waals surface area (Å²) in [5.41, 5.74) is 1.21. The van der Waals surface area contributed by atoms with E-state index in [2.05, 4.69) is 61.1 Å². The minimum absolute atomic E-state index is 0.240. The van der Waals surface area contributed by atoms with Gasteiger partial charge in [0.2, 0.25) is 0 Å². The number of hydrogen-bond acceptors (Lipinski definition) is 2. The van der Waals surface area contributed by atoms with Crippen LogP contribution < -0.4 is 10.1 Å². The van der Waals surface area contributed by atoms with E-state index in [1.165, 1.54) is 5.56 Å². The Bertz CT molecular complexity index is 366. The third kappa shape index (κ3) is 4.99. The van der Waals surface area contributed by atoms with Crippen LogP contribution in [0.15, 0.2) is 22.7 Å². The summed E-state index contributed by atoms with van der Waals surface area (Å²) in [6.07, 6.45) is 1.31. The second-order valence-electron chi connectivity index (χ2n) is 5.07. The SMILES string of the molecule is CCNCc1cccc(Br)c1OC(C)CC(C)C. The normalized spacial score (nSPS) is 12.8. The molecule has 1 aromatic carbocycles. The molecule has 18 heavy (non-hydrogen) atoms. The van der Waals surface area contributed by atoms with Gasteiger partial charge in [0.15, 0.2) is 0 Å². The van der Waals surface area contributed by atoms with Gasteiger partial charge in [-0.2, -0.15) is 0 Å². The standard InChI is InChI=1S/C15H24BrNO/c1-5-17-10-13-7-6-8-14(16)15(13)18-12(4)9-11(2)3/h6-8,11-12,17H,5,9-10H2,1-4H3. The molecule has 102 valence electrons. The number of para-hydroxylation sites is 1. The molecule has 0 radical (unpaired) electrons. The Morgan fingerprint density at radius 3 is 2.61 bits per heavy atom. The van der Waals surface area contributed by atoms with Gasteiger partial charge < -0.3 is 10.1 Å². The summed E-state index contributed by atoms with van der Waals surface area (Å²) in [4.78, 5) is 0. The largest absolute Gasteiger partial charge is 0.489 e. The number of rotatable bonds is 7.